The van der Waals surface area contributed by atoms with Gasteiger partial charge in [-0.2, -0.15) is 0 Å². The highest BCUT2D eigenvalue weighted by Crippen LogP contribution is 2.21. The van der Waals surface area contributed by atoms with Crippen LogP contribution in [-0.2, 0) is 9.84 Å². The Morgan fingerprint density at radius 1 is 1.45 bits per heavy atom. The molecule has 0 saturated carbocycles. The standard InChI is InChI=1S/C15H26N2O4S/c1-12(13-7-6-9-21-13)17(4)14(18)16-11-15(2,3)8-10-22(5,19)20/h6-7,9,12H,8,10-11H2,1-5H3,(H,16,18). The Balaban J connectivity index is 2.50. The lowest BCUT2D eigenvalue weighted by Crippen LogP contribution is -2.43. The minimum absolute atomic E-state index is 0.120. The molecule has 0 aliphatic rings. The first-order chi connectivity index (χ1) is 10.0. The number of furan rings is 1. The highest BCUT2D eigenvalue weighted by molar-refractivity contribution is 7.90. The molecular weight excluding hydrogens is 304 g/mol. The number of carbonyl (C=O) groups is 1. The summed E-state index contributed by atoms with van der Waals surface area (Å²) in [6, 6.07) is 3.22. The smallest absolute Gasteiger partial charge is 0.317 e. The number of urea groups is 1. The summed E-state index contributed by atoms with van der Waals surface area (Å²) < 4.78 is 27.8. The fraction of sp³-hybridized carbons (Fsp3) is 0.667. The molecule has 0 aliphatic heterocycles. The molecule has 0 bridgehead atoms. The summed E-state index contributed by atoms with van der Waals surface area (Å²) >= 11 is 0. The summed E-state index contributed by atoms with van der Waals surface area (Å²) in [6.07, 6.45) is 3.30. The molecule has 1 rings (SSSR count). The first kappa shape index (κ1) is 18.5. The summed E-state index contributed by atoms with van der Waals surface area (Å²) in [5.74, 6) is 0.836. The monoisotopic (exact) mass is 330 g/mol. The fourth-order valence-electron chi connectivity index (χ4n) is 1.89. The lowest BCUT2D eigenvalue weighted by molar-refractivity contribution is 0.181. The second-order valence-corrected chi connectivity index (χ2v) is 8.76. The molecule has 1 heterocycles. The third kappa shape index (κ3) is 6.09. The van der Waals surface area contributed by atoms with Crippen molar-refractivity contribution in [1.29, 1.82) is 0 Å². The number of carbonyl (C=O) groups excluding carboxylic acids is 1. The first-order valence-electron chi connectivity index (χ1n) is 7.24. The van der Waals surface area contributed by atoms with Gasteiger partial charge < -0.3 is 14.6 Å². The van der Waals surface area contributed by atoms with E-state index in [0.717, 1.165) is 0 Å². The molecule has 1 unspecified atom stereocenters. The van der Waals surface area contributed by atoms with E-state index in [0.29, 0.717) is 18.7 Å². The van der Waals surface area contributed by atoms with Gasteiger partial charge in [-0.15, -0.1) is 0 Å². The molecule has 126 valence electrons. The zero-order chi connectivity index (χ0) is 17.0. The van der Waals surface area contributed by atoms with Gasteiger partial charge in [0.1, 0.15) is 15.6 Å². The van der Waals surface area contributed by atoms with Gasteiger partial charge in [-0.05, 0) is 30.9 Å². The van der Waals surface area contributed by atoms with Gasteiger partial charge in [0, 0.05) is 19.8 Å². The van der Waals surface area contributed by atoms with Gasteiger partial charge in [0.05, 0.1) is 18.1 Å². The Morgan fingerprint density at radius 2 is 2.09 bits per heavy atom. The van der Waals surface area contributed by atoms with E-state index in [4.69, 9.17) is 4.42 Å². The molecule has 2 amide bonds. The Labute approximate surface area is 132 Å². The van der Waals surface area contributed by atoms with Crippen molar-refractivity contribution in [3.8, 4) is 0 Å². The van der Waals surface area contributed by atoms with Crippen LogP contribution < -0.4 is 5.32 Å². The molecule has 0 spiro atoms. The SMILES string of the molecule is CC(c1ccco1)N(C)C(=O)NCC(C)(C)CCS(C)(=O)=O. The van der Waals surface area contributed by atoms with E-state index in [1.165, 1.54) is 6.26 Å². The number of hydrogen-bond donors (Lipinski definition) is 1. The largest absolute Gasteiger partial charge is 0.467 e. The van der Waals surface area contributed by atoms with Crippen LogP contribution in [0.25, 0.3) is 0 Å². The number of sulfone groups is 1. The third-order valence-corrected chi connectivity index (χ3v) is 4.67. The summed E-state index contributed by atoms with van der Waals surface area (Å²) in [4.78, 5) is 13.7. The number of hydrogen-bond acceptors (Lipinski definition) is 4. The first-order valence-corrected chi connectivity index (χ1v) is 9.30. The van der Waals surface area contributed by atoms with Crippen molar-refractivity contribution < 1.29 is 17.6 Å². The quantitative estimate of drug-likeness (QED) is 0.833. The van der Waals surface area contributed by atoms with Crippen LogP contribution in [-0.4, -0.2) is 44.9 Å². The Hall–Kier alpha value is -1.50. The second-order valence-electron chi connectivity index (χ2n) is 6.51. The average Bonchev–Trinajstić information content (AvgIpc) is 2.94. The van der Waals surface area contributed by atoms with Gasteiger partial charge in [-0.3, -0.25) is 0 Å². The molecule has 0 aromatic carbocycles. The summed E-state index contributed by atoms with van der Waals surface area (Å²) in [6.45, 7) is 6.17. The van der Waals surface area contributed by atoms with E-state index in [1.807, 2.05) is 26.8 Å². The molecule has 0 aliphatic carbocycles. The number of nitrogens with zero attached hydrogens (tertiary/aromatic N) is 1. The predicted molar refractivity (Wildman–Crippen MR) is 86.4 cm³/mol. The van der Waals surface area contributed by atoms with Crippen molar-refractivity contribution in [2.45, 2.75) is 33.2 Å². The number of nitrogens with one attached hydrogen (secondary N) is 1. The van der Waals surface area contributed by atoms with E-state index >= 15 is 0 Å². The maximum atomic E-state index is 12.2. The number of rotatable bonds is 7. The van der Waals surface area contributed by atoms with Crippen LogP contribution in [0.2, 0.25) is 0 Å². The molecular formula is C15H26N2O4S. The molecule has 6 nitrogen and oxygen atoms in total. The van der Waals surface area contributed by atoms with Crippen molar-refractivity contribution in [3.63, 3.8) is 0 Å². The molecule has 1 atom stereocenters. The highest BCUT2D eigenvalue weighted by Gasteiger charge is 2.24. The van der Waals surface area contributed by atoms with Gasteiger partial charge >= 0.3 is 6.03 Å². The average molecular weight is 330 g/mol. The predicted octanol–water partition coefficient (Wildman–Crippen LogP) is 2.44. The minimum Gasteiger partial charge on any atom is -0.467 e. The Bertz CT molecular complexity index is 579. The van der Waals surface area contributed by atoms with Crippen LogP contribution in [0, 0.1) is 5.41 Å². The fourth-order valence-corrected chi connectivity index (χ4v) is 2.81. The van der Waals surface area contributed by atoms with Crippen molar-refractivity contribution >= 4 is 15.9 Å². The van der Waals surface area contributed by atoms with E-state index in [2.05, 4.69) is 5.32 Å². The highest BCUT2D eigenvalue weighted by atomic mass is 32.2. The Morgan fingerprint density at radius 3 is 2.59 bits per heavy atom. The van der Waals surface area contributed by atoms with Gasteiger partial charge in [0.25, 0.3) is 0 Å². The molecule has 1 aromatic rings. The van der Waals surface area contributed by atoms with Crippen molar-refractivity contribution in [2.24, 2.45) is 5.41 Å². The second kappa shape index (κ2) is 7.17. The van der Waals surface area contributed by atoms with Crippen LogP contribution in [0.1, 0.15) is 39.0 Å². The molecule has 0 radical (unpaired) electrons. The third-order valence-electron chi connectivity index (χ3n) is 3.72. The lowest BCUT2D eigenvalue weighted by Gasteiger charge is -2.28. The summed E-state index contributed by atoms with van der Waals surface area (Å²) in [5, 5.41) is 2.85. The summed E-state index contributed by atoms with van der Waals surface area (Å²) in [7, 11) is -1.29. The number of amides is 2. The zero-order valence-electron chi connectivity index (χ0n) is 13.9. The molecule has 0 saturated heterocycles. The van der Waals surface area contributed by atoms with Crippen molar-refractivity contribution in [1.82, 2.24) is 10.2 Å². The van der Waals surface area contributed by atoms with E-state index in [1.54, 1.807) is 24.3 Å². The lowest BCUT2D eigenvalue weighted by atomic mass is 9.90. The normalized spacial score (nSPS) is 13.7. The minimum atomic E-state index is -2.99. The van der Waals surface area contributed by atoms with Gasteiger partial charge in [-0.25, -0.2) is 13.2 Å². The molecule has 1 N–H and O–H groups in total. The molecule has 7 heteroatoms. The van der Waals surface area contributed by atoms with Crippen molar-refractivity contribution in [3.05, 3.63) is 24.2 Å². The van der Waals surface area contributed by atoms with Crippen LogP contribution in [0.4, 0.5) is 4.79 Å². The molecule has 0 fully saturated rings. The van der Waals surface area contributed by atoms with Gasteiger partial charge in [0.15, 0.2) is 0 Å². The Kier molecular flexibility index (Phi) is 6.05. The zero-order valence-corrected chi connectivity index (χ0v) is 14.7. The van der Waals surface area contributed by atoms with Crippen LogP contribution in [0.3, 0.4) is 0 Å². The summed E-state index contributed by atoms with van der Waals surface area (Å²) in [5.41, 5.74) is -0.284. The van der Waals surface area contributed by atoms with Crippen LogP contribution in [0.15, 0.2) is 22.8 Å². The topological polar surface area (TPSA) is 79.6 Å². The van der Waals surface area contributed by atoms with Crippen LogP contribution in [0.5, 0.6) is 0 Å². The van der Waals surface area contributed by atoms with Gasteiger partial charge in [0.2, 0.25) is 0 Å². The van der Waals surface area contributed by atoms with Gasteiger partial charge in [-0.1, -0.05) is 13.8 Å². The van der Waals surface area contributed by atoms with E-state index in [-0.39, 0.29) is 23.2 Å². The van der Waals surface area contributed by atoms with E-state index in [9.17, 15) is 13.2 Å². The molecule has 1 aromatic heterocycles. The van der Waals surface area contributed by atoms with Crippen molar-refractivity contribution in [2.75, 3.05) is 25.6 Å². The maximum Gasteiger partial charge on any atom is 0.317 e. The molecule has 22 heavy (non-hydrogen) atoms. The maximum absolute atomic E-state index is 12.2. The van der Waals surface area contributed by atoms with E-state index < -0.39 is 9.84 Å². The van der Waals surface area contributed by atoms with Crippen LogP contribution >= 0.6 is 0 Å².